The molecule has 0 bridgehead atoms. The fourth-order valence-electron chi connectivity index (χ4n) is 1.58. The summed E-state index contributed by atoms with van der Waals surface area (Å²) in [6.07, 6.45) is 3.22. The standard InChI is InChI=1S/C12H19NO/c1-9-8-12(14)7-6-11(9)5-3-4-10(2)13/h6-8,10,14H,3-5,13H2,1-2H3. The minimum absolute atomic E-state index is 0.285. The Morgan fingerprint density at radius 2 is 2.14 bits per heavy atom. The van der Waals surface area contributed by atoms with Crippen molar-refractivity contribution >= 4 is 0 Å². The average Bonchev–Trinajstić information content (AvgIpc) is 2.08. The van der Waals surface area contributed by atoms with Crippen LogP contribution in [-0.2, 0) is 6.42 Å². The van der Waals surface area contributed by atoms with Crippen LogP contribution >= 0.6 is 0 Å². The highest BCUT2D eigenvalue weighted by Crippen LogP contribution is 2.17. The van der Waals surface area contributed by atoms with Crippen LogP contribution in [0, 0.1) is 6.92 Å². The Balaban J connectivity index is 2.51. The average molecular weight is 193 g/mol. The van der Waals surface area contributed by atoms with Gasteiger partial charge >= 0.3 is 0 Å². The van der Waals surface area contributed by atoms with Crippen molar-refractivity contribution in [3.63, 3.8) is 0 Å². The summed E-state index contributed by atoms with van der Waals surface area (Å²) < 4.78 is 0. The molecule has 0 heterocycles. The molecular weight excluding hydrogens is 174 g/mol. The van der Waals surface area contributed by atoms with E-state index < -0.39 is 0 Å². The molecule has 0 saturated carbocycles. The summed E-state index contributed by atoms with van der Waals surface area (Å²) in [5.41, 5.74) is 8.15. The van der Waals surface area contributed by atoms with Gasteiger partial charge in [-0.25, -0.2) is 0 Å². The second kappa shape index (κ2) is 5.01. The highest BCUT2D eigenvalue weighted by atomic mass is 16.3. The van der Waals surface area contributed by atoms with E-state index in [2.05, 4.69) is 0 Å². The summed E-state index contributed by atoms with van der Waals surface area (Å²) in [6.45, 7) is 4.06. The Morgan fingerprint density at radius 3 is 2.71 bits per heavy atom. The van der Waals surface area contributed by atoms with E-state index in [1.807, 2.05) is 19.9 Å². The number of phenolic OH excluding ortho intramolecular Hbond substituents is 1. The van der Waals surface area contributed by atoms with E-state index in [0.29, 0.717) is 5.75 Å². The molecule has 0 aliphatic carbocycles. The Bertz CT molecular complexity index is 294. The molecule has 1 aromatic carbocycles. The second-order valence-corrected chi connectivity index (χ2v) is 3.98. The molecular formula is C12H19NO. The molecule has 0 spiro atoms. The van der Waals surface area contributed by atoms with Crippen molar-refractivity contribution in [2.45, 2.75) is 39.2 Å². The quantitative estimate of drug-likeness (QED) is 0.771. The lowest BCUT2D eigenvalue weighted by Gasteiger charge is -2.07. The van der Waals surface area contributed by atoms with Gasteiger partial charge < -0.3 is 10.8 Å². The first-order chi connectivity index (χ1) is 6.59. The molecule has 0 aliphatic heterocycles. The van der Waals surface area contributed by atoms with Crippen LogP contribution in [0.1, 0.15) is 30.9 Å². The van der Waals surface area contributed by atoms with Crippen molar-refractivity contribution in [3.8, 4) is 5.75 Å². The molecule has 78 valence electrons. The van der Waals surface area contributed by atoms with Gasteiger partial charge in [-0.2, -0.15) is 0 Å². The Morgan fingerprint density at radius 1 is 1.43 bits per heavy atom. The number of nitrogens with two attached hydrogens (primary N) is 1. The summed E-state index contributed by atoms with van der Waals surface area (Å²) in [4.78, 5) is 0. The van der Waals surface area contributed by atoms with Gasteiger partial charge in [0.25, 0.3) is 0 Å². The normalized spacial score (nSPS) is 12.8. The smallest absolute Gasteiger partial charge is 0.115 e. The zero-order valence-corrected chi connectivity index (χ0v) is 8.96. The first-order valence-electron chi connectivity index (χ1n) is 5.13. The van der Waals surface area contributed by atoms with Crippen LogP contribution in [0.5, 0.6) is 5.75 Å². The predicted octanol–water partition coefficient (Wildman–Crippen LogP) is 2.37. The fourth-order valence-corrected chi connectivity index (χ4v) is 1.58. The molecule has 2 heteroatoms. The van der Waals surface area contributed by atoms with Crippen LogP contribution in [0.15, 0.2) is 18.2 Å². The maximum Gasteiger partial charge on any atom is 0.115 e. The maximum atomic E-state index is 9.23. The number of aryl methyl sites for hydroxylation is 2. The summed E-state index contributed by atoms with van der Waals surface area (Å²) in [5.74, 6) is 0.346. The molecule has 0 fully saturated rings. The number of rotatable bonds is 4. The van der Waals surface area contributed by atoms with Crippen LogP contribution in [0.3, 0.4) is 0 Å². The van der Waals surface area contributed by atoms with Gasteiger partial charge in [0.15, 0.2) is 0 Å². The minimum atomic E-state index is 0.285. The van der Waals surface area contributed by atoms with Crippen LogP contribution in [0.25, 0.3) is 0 Å². The summed E-state index contributed by atoms with van der Waals surface area (Å²) in [5, 5.41) is 9.23. The van der Waals surface area contributed by atoms with Crippen LogP contribution in [-0.4, -0.2) is 11.1 Å². The van der Waals surface area contributed by atoms with Gasteiger partial charge in [0.1, 0.15) is 5.75 Å². The molecule has 0 aromatic heterocycles. The first-order valence-corrected chi connectivity index (χ1v) is 5.13. The highest BCUT2D eigenvalue weighted by molar-refractivity contribution is 5.33. The third-order valence-electron chi connectivity index (χ3n) is 2.43. The van der Waals surface area contributed by atoms with Crippen molar-refractivity contribution in [3.05, 3.63) is 29.3 Å². The molecule has 0 aliphatic rings. The van der Waals surface area contributed by atoms with Crippen molar-refractivity contribution in [1.82, 2.24) is 0 Å². The Labute approximate surface area is 85.8 Å². The summed E-state index contributed by atoms with van der Waals surface area (Å²) >= 11 is 0. The fraction of sp³-hybridized carbons (Fsp3) is 0.500. The number of benzene rings is 1. The van der Waals surface area contributed by atoms with E-state index in [-0.39, 0.29) is 6.04 Å². The lowest BCUT2D eigenvalue weighted by Crippen LogP contribution is -2.14. The molecule has 0 radical (unpaired) electrons. The largest absolute Gasteiger partial charge is 0.508 e. The molecule has 3 N–H and O–H groups in total. The zero-order valence-electron chi connectivity index (χ0n) is 8.96. The lowest BCUT2D eigenvalue weighted by molar-refractivity contribution is 0.474. The number of hydrogen-bond acceptors (Lipinski definition) is 2. The van der Waals surface area contributed by atoms with Crippen LogP contribution in [0.4, 0.5) is 0 Å². The van der Waals surface area contributed by atoms with Gasteiger partial charge in [0.2, 0.25) is 0 Å². The molecule has 0 amide bonds. The van der Waals surface area contributed by atoms with Gasteiger partial charge in [-0.05, 0) is 56.4 Å². The third-order valence-corrected chi connectivity index (χ3v) is 2.43. The molecule has 2 nitrogen and oxygen atoms in total. The minimum Gasteiger partial charge on any atom is -0.508 e. The molecule has 1 rings (SSSR count). The van der Waals surface area contributed by atoms with Crippen molar-refractivity contribution in [1.29, 1.82) is 0 Å². The van der Waals surface area contributed by atoms with E-state index in [4.69, 9.17) is 5.73 Å². The number of hydrogen-bond donors (Lipinski definition) is 2. The van der Waals surface area contributed by atoms with E-state index in [1.165, 1.54) is 5.56 Å². The van der Waals surface area contributed by atoms with Gasteiger partial charge in [0.05, 0.1) is 0 Å². The van der Waals surface area contributed by atoms with Crippen molar-refractivity contribution in [2.24, 2.45) is 5.73 Å². The molecule has 1 unspecified atom stereocenters. The van der Waals surface area contributed by atoms with Gasteiger partial charge in [0, 0.05) is 6.04 Å². The van der Waals surface area contributed by atoms with Gasteiger partial charge in [-0.15, -0.1) is 0 Å². The number of phenols is 1. The van der Waals surface area contributed by atoms with Crippen molar-refractivity contribution in [2.75, 3.05) is 0 Å². The zero-order chi connectivity index (χ0) is 10.6. The maximum absolute atomic E-state index is 9.23. The predicted molar refractivity (Wildman–Crippen MR) is 59.4 cm³/mol. The third kappa shape index (κ3) is 3.38. The van der Waals surface area contributed by atoms with Crippen LogP contribution in [0.2, 0.25) is 0 Å². The summed E-state index contributed by atoms with van der Waals surface area (Å²) in [6, 6.07) is 5.83. The van der Waals surface area contributed by atoms with Gasteiger partial charge in [-0.1, -0.05) is 6.07 Å². The van der Waals surface area contributed by atoms with Crippen LogP contribution < -0.4 is 5.73 Å². The monoisotopic (exact) mass is 193 g/mol. The topological polar surface area (TPSA) is 46.2 Å². The number of aromatic hydroxyl groups is 1. The van der Waals surface area contributed by atoms with E-state index in [9.17, 15) is 5.11 Å². The first kappa shape index (κ1) is 11.1. The van der Waals surface area contributed by atoms with Crippen molar-refractivity contribution < 1.29 is 5.11 Å². The van der Waals surface area contributed by atoms with E-state index in [1.54, 1.807) is 12.1 Å². The molecule has 1 atom stereocenters. The highest BCUT2D eigenvalue weighted by Gasteiger charge is 2.00. The lowest BCUT2D eigenvalue weighted by atomic mass is 10.0. The molecule has 0 saturated heterocycles. The molecule has 1 aromatic rings. The Kier molecular flexibility index (Phi) is 3.96. The SMILES string of the molecule is Cc1cc(O)ccc1CCCC(C)N. The van der Waals surface area contributed by atoms with E-state index in [0.717, 1.165) is 24.8 Å². The summed E-state index contributed by atoms with van der Waals surface area (Å²) in [7, 11) is 0. The van der Waals surface area contributed by atoms with E-state index >= 15 is 0 Å². The second-order valence-electron chi connectivity index (χ2n) is 3.98. The van der Waals surface area contributed by atoms with Gasteiger partial charge in [-0.3, -0.25) is 0 Å². The molecule has 14 heavy (non-hydrogen) atoms. The Hall–Kier alpha value is -1.02.